The lowest BCUT2D eigenvalue weighted by atomic mass is 9.60. The number of hydrogen-bond acceptors (Lipinski definition) is 6. The average Bonchev–Trinajstić information content (AvgIpc) is 3.73. The molecule has 2 aromatic carbocycles. The van der Waals surface area contributed by atoms with Crippen LogP contribution in [0.2, 0.25) is 5.02 Å². The number of rotatable bonds is 14. The molecule has 11 heteroatoms. The molecule has 1 heterocycles. The van der Waals surface area contributed by atoms with Crippen molar-refractivity contribution in [1.82, 2.24) is 21.3 Å². The topological polar surface area (TPSA) is 143 Å². The summed E-state index contributed by atoms with van der Waals surface area (Å²) in [6.07, 6.45) is 3.46. The molecular weight excluding hydrogens is 608 g/mol. The molecule has 246 valence electrons. The van der Waals surface area contributed by atoms with Gasteiger partial charge in [0.25, 0.3) is 5.91 Å². The normalized spacial score (nSPS) is 20.4. The number of benzene rings is 2. The summed E-state index contributed by atoms with van der Waals surface area (Å²) in [5.74, 6) is -2.93. The van der Waals surface area contributed by atoms with Crippen molar-refractivity contribution in [2.75, 3.05) is 6.54 Å². The van der Waals surface area contributed by atoms with Gasteiger partial charge in [-0.2, -0.15) is 0 Å². The number of ether oxygens (including phenoxy) is 1. The van der Waals surface area contributed by atoms with Gasteiger partial charge in [0.1, 0.15) is 12.1 Å². The number of amides is 4. The fraction of sp³-hybridized carbons (Fsp3) is 0.514. The maximum absolute atomic E-state index is 13.7. The number of carbonyl (C=O) groups is 5. The number of carbonyl (C=O) groups excluding carboxylic acids is 5. The molecule has 0 bridgehead atoms. The van der Waals surface area contributed by atoms with Crippen LogP contribution in [0.5, 0.6) is 0 Å². The van der Waals surface area contributed by atoms with E-state index in [9.17, 15) is 24.0 Å². The van der Waals surface area contributed by atoms with Crippen molar-refractivity contribution in [3.63, 3.8) is 0 Å². The van der Waals surface area contributed by atoms with Crippen molar-refractivity contribution in [1.29, 1.82) is 0 Å². The second-order valence-corrected chi connectivity index (χ2v) is 13.7. The Morgan fingerprint density at radius 3 is 2.30 bits per heavy atom. The van der Waals surface area contributed by atoms with Crippen molar-refractivity contribution in [2.45, 2.75) is 94.9 Å². The van der Waals surface area contributed by atoms with Gasteiger partial charge in [-0.15, -0.1) is 0 Å². The quantitative estimate of drug-likeness (QED) is 0.222. The molecule has 1 saturated heterocycles. The zero-order chi connectivity index (χ0) is 32.8. The molecular formula is C35H43ClN4O6. The summed E-state index contributed by atoms with van der Waals surface area (Å²) >= 11 is 6.38. The molecule has 46 heavy (non-hydrogen) atoms. The van der Waals surface area contributed by atoms with Crippen molar-refractivity contribution in [3.05, 3.63) is 70.7 Å². The number of ketones is 1. The first-order chi connectivity index (χ1) is 22.1. The van der Waals surface area contributed by atoms with Crippen LogP contribution in [0.4, 0.5) is 4.79 Å². The summed E-state index contributed by atoms with van der Waals surface area (Å²) in [6.45, 7) is 4.30. The highest BCUT2D eigenvalue weighted by Crippen LogP contribution is 2.54. The van der Waals surface area contributed by atoms with Gasteiger partial charge in [-0.3, -0.25) is 19.2 Å². The summed E-state index contributed by atoms with van der Waals surface area (Å²) in [5.41, 5.74) is 1.31. The fourth-order valence-corrected chi connectivity index (χ4v) is 6.66. The van der Waals surface area contributed by atoms with E-state index in [4.69, 9.17) is 16.3 Å². The highest BCUT2D eigenvalue weighted by Gasteiger charge is 2.49. The molecule has 4 atom stereocenters. The second kappa shape index (κ2) is 14.7. The average molecular weight is 651 g/mol. The minimum Gasteiger partial charge on any atom is -0.440 e. The smallest absolute Gasteiger partial charge is 0.408 e. The molecule has 2 aliphatic carbocycles. The first-order valence-electron chi connectivity index (χ1n) is 16.3. The second-order valence-electron chi connectivity index (χ2n) is 13.2. The van der Waals surface area contributed by atoms with Gasteiger partial charge in [0, 0.05) is 28.9 Å². The lowest BCUT2D eigenvalue weighted by molar-refractivity contribution is -0.141. The largest absolute Gasteiger partial charge is 0.440 e. The highest BCUT2D eigenvalue weighted by atomic mass is 35.5. The molecule has 0 radical (unpaired) electrons. The maximum atomic E-state index is 13.7. The van der Waals surface area contributed by atoms with E-state index in [1.165, 1.54) is 0 Å². The Morgan fingerprint density at radius 1 is 0.978 bits per heavy atom. The first-order valence-corrected chi connectivity index (χ1v) is 16.6. The SMILES string of the molecule is CC(C)CC(NC(=O)OC(c1ccccc1)C1(c2cccc(Cl)c2)CCC1)C(=O)NC(CC1CCNC1=O)C(=O)C(=O)NC1CC1. The molecule has 1 aliphatic heterocycles. The van der Waals surface area contributed by atoms with Crippen molar-refractivity contribution >= 4 is 41.2 Å². The predicted octanol–water partition coefficient (Wildman–Crippen LogP) is 4.50. The number of halogens is 1. The Hall–Kier alpha value is -3.92. The van der Waals surface area contributed by atoms with Crippen LogP contribution in [0.1, 0.15) is 82.4 Å². The van der Waals surface area contributed by atoms with Crippen LogP contribution < -0.4 is 21.3 Å². The molecule has 3 aliphatic rings. The molecule has 0 aromatic heterocycles. The van der Waals surface area contributed by atoms with Crippen LogP contribution in [0, 0.1) is 11.8 Å². The van der Waals surface area contributed by atoms with E-state index in [-0.39, 0.29) is 30.7 Å². The van der Waals surface area contributed by atoms with Crippen LogP contribution >= 0.6 is 11.6 Å². The van der Waals surface area contributed by atoms with Gasteiger partial charge >= 0.3 is 6.09 Å². The Balaban J connectivity index is 1.34. The Labute approximate surface area is 274 Å². The van der Waals surface area contributed by atoms with E-state index < -0.39 is 53.2 Å². The van der Waals surface area contributed by atoms with Crippen LogP contribution in [0.15, 0.2) is 54.6 Å². The van der Waals surface area contributed by atoms with Crippen molar-refractivity contribution in [3.8, 4) is 0 Å². The van der Waals surface area contributed by atoms with E-state index in [1.807, 2.05) is 68.4 Å². The molecule has 2 saturated carbocycles. The van der Waals surface area contributed by atoms with E-state index in [1.54, 1.807) is 0 Å². The summed E-state index contributed by atoms with van der Waals surface area (Å²) in [5, 5.41) is 11.5. The Kier molecular flexibility index (Phi) is 10.7. The summed E-state index contributed by atoms with van der Waals surface area (Å²) in [6, 6.07) is 14.8. The number of alkyl carbamates (subject to hydrolysis) is 1. The first kappa shape index (κ1) is 33.4. The minimum absolute atomic E-state index is 0.00154. The highest BCUT2D eigenvalue weighted by molar-refractivity contribution is 6.38. The van der Waals surface area contributed by atoms with Crippen LogP contribution in [0.3, 0.4) is 0 Å². The number of Topliss-reactive ketones (excluding diaryl/α,β-unsaturated/α-hetero) is 1. The van der Waals surface area contributed by atoms with Crippen LogP contribution in [-0.4, -0.2) is 54.3 Å². The van der Waals surface area contributed by atoms with Crippen molar-refractivity contribution in [2.24, 2.45) is 11.8 Å². The van der Waals surface area contributed by atoms with E-state index in [0.717, 1.165) is 43.2 Å². The minimum atomic E-state index is -1.22. The Bertz CT molecular complexity index is 1440. The number of nitrogens with one attached hydrogen (secondary N) is 4. The summed E-state index contributed by atoms with van der Waals surface area (Å²) in [7, 11) is 0. The van der Waals surface area contributed by atoms with Gasteiger partial charge in [-0.25, -0.2) is 4.79 Å². The van der Waals surface area contributed by atoms with E-state index in [2.05, 4.69) is 21.3 Å². The zero-order valence-electron chi connectivity index (χ0n) is 26.4. The molecule has 4 unspecified atom stereocenters. The van der Waals surface area contributed by atoms with Gasteiger partial charge in [0.2, 0.25) is 17.6 Å². The predicted molar refractivity (Wildman–Crippen MR) is 173 cm³/mol. The maximum Gasteiger partial charge on any atom is 0.408 e. The Morgan fingerprint density at radius 2 is 1.72 bits per heavy atom. The lowest BCUT2D eigenvalue weighted by Crippen LogP contribution is -2.55. The van der Waals surface area contributed by atoms with Gasteiger partial charge in [0.05, 0.1) is 6.04 Å². The zero-order valence-corrected chi connectivity index (χ0v) is 27.1. The lowest BCUT2D eigenvalue weighted by Gasteiger charge is -2.47. The summed E-state index contributed by atoms with van der Waals surface area (Å²) in [4.78, 5) is 65.7. The van der Waals surface area contributed by atoms with Crippen LogP contribution in [-0.2, 0) is 29.3 Å². The number of hydrogen-bond donors (Lipinski definition) is 4. The molecule has 0 spiro atoms. The van der Waals surface area contributed by atoms with E-state index in [0.29, 0.717) is 18.0 Å². The van der Waals surface area contributed by atoms with Gasteiger partial charge in [-0.1, -0.05) is 74.3 Å². The van der Waals surface area contributed by atoms with Gasteiger partial charge in [0.15, 0.2) is 0 Å². The van der Waals surface area contributed by atoms with Crippen molar-refractivity contribution < 1.29 is 28.7 Å². The van der Waals surface area contributed by atoms with Gasteiger partial charge < -0.3 is 26.0 Å². The molecule has 4 amide bonds. The molecule has 3 fully saturated rings. The van der Waals surface area contributed by atoms with Crippen LogP contribution in [0.25, 0.3) is 0 Å². The third-order valence-corrected chi connectivity index (χ3v) is 9.48. The third kappa shape index (κ3) is 8.07. The molecule has 10 nitrogen and oxygen atoms in total. The fourth-order valence-electron chi connectivity index (χ4n) is 6.47. The molecule has 5 rings (SSSR count). The third-order valence-electron chi connectivity index (χ3n) is 9.24. The molecule has 2 aromatic rings. The molecule has 4 N–H and O–H groups in total. The monoisotopic (exact) mass is 650 g/mol. The van der Waals surface area contributed by atoms with E-state index >= 15 is 0 Å². The summed E-state index contributed by atoms with van der Waals surface area (Å²) < 4.78 is 6.21. The standard InChI is InChI=1S/C35H43ClN4O6/c1-21(2)18-28(32(43)39-27(19-23-14-17-37-31(23)42)29(41)33(44)38-26-12-13-26)40-34(45)46-30(22-8-4-3-5-9-22)35(15-7-16-35)24-10-6-11-25(36)20-24/h3-6,8-11,20-21,23,26-28,30H,7,12-19H2,1-2H3,(H,37,42)(H,38,44)(H,39,43)(H,40,45). The van der Waals surface area contributed by atoms with Gasteiger partial charge in [-0.05, 0) is 74.1 Å².